The lowest BCUT2D eigenvalue weighted by Crippen LogP contribution is -2.14. The van der Waals surface area contributed by atoms with Crippen molar-refractivity contribution in [3.8, 4) is 0 Å². The van der Waals surface area contributed by atoms with E-state index in [0.717, 1.165) is 17.5 Å². The van der Waals surface area contributed by atoms with Crippen LogP contribution in [-0.2, 0) is 23.0 Å². The molecule has 3 rings (SSSR count). The van der Waals surface area contributed by atoms with Crippen molar-refractivity contribution in [1.82, 2.24) is 9.78 Å². The van der Waals surface area contributed by atoms with Gasteiger partial charge < -0.3 is 0 Å². The number of hydrogen-bond acceptors (Lipinski definition) is 3. The second-order valence-corrected chi connectivity index (χ2v) is 9.00. The molecule has 148 valence electrons. The molecule has 1 heterocycles. The molecule has 8 heteroatoms. The Morgan fingerprint density at radius 3 is 2.21 bits per heavy atom. The van der Waals surface area contributed by atoms with Gasteiger partial charge in [-0.3, -0.25) is 9.40 Å². The van der Waals surface area contributed by atoms with E-state index >= 15 is 0 Å². The molecule has 2 aromatic carbocycles. The van der Waals surface area contributed by atoms with E-state index in [4.69, 9.17) is 23.2 Å². The smallest absolute Gasteiger partial charge is 0.262 e. The summed E-state index contributed by atoms with van der Waals surface area (Å²) >= 11 is 12.5. The minimum atomic E-state index is -3.71. The van der Waals surface area contributed by atoms with Gasteiger partial charge in [-0.1, -0.05) is 48.3 Å². The first kappa shape index (κ1) is 20.7. The fraction of sp³-hybridized carbons (Fsp3) is 0.250. The second-order valence-electron chi connectivity index (χ2n) is 6.51. The second kappa shape index (κ2) is 8.15. The van der Waals surface area contributed by atoms with Gasteiger partial charge in [0.2, 0.25) is 0 Å². The van der Waals surface area contributed by atoms with E-state index in [1.165, 1.54) is 0 Å². The van der Waals surface area contributed by atoms with E-state index in [1.807, 2.05) is 26.0 Å². The SMILES string of the molecule is CCc1ccc(S(=O)(=O)Nc2c(C)nn(Cc3c(Cl)cccc3Cl)c2C)cc1. The maximum atomic E-state index is 12.8. The minimum Gasteiger partial charge on any atom is -0.276 e. The Hall–Kier alpha value is -2.02. The van der Waals surface area contributed by atoms with Crippen molar-refractivity contribution in [3.63, 3.8) is 0 Å². The molecule has 0 radical (unpaired) electrons. The van der Waals surface area contributed by atoms with Gasteiger partial charge in [0.1, 0.15) is 0 Å². The van der Waals surface area contributed by atoms with Crippen LogP contribution < -0.4 is 4.72 Å². The molecule has 0 aliphatic rings. The lowest BCUT2D eigenvalue weighted by atomic mass is 10.2. The molecule has 1 aromatic heterocycles. The van der Waals surface area contributed by atoms with Gasteiger partial charge in [-0.15, -0.1) is 0 Å². The summed E-state index contributed by atoms with van der Waals surface area (Å²) in [6.45, 7) is 5.94. The van der Waals surface area contributed by atoms with Gasteiger partial charge in [0.25, 0.3) is 10.0 Å². The van der Waals surface area contributed by atoms with Gasteiger partial charge in [0, 0.05) is 15.6 Å². The molecule has 0 bridgehead atoms. The van der Waals surface area contributed by atoms with Crippen molar-refractivity contribution >= 4 is 38.9 Å². The van der Waals surface area contributed by atoms with Crippen molar-refractivity contribution in [2.45, 2.75) is 38.6 Å². The van der Waals surface area contributed by atoms with Crippen molar-refractivity contribution in [3.05, 3.63) is 75.0 Å². The van der Waals surface area contributed by atoms with Crippen LogP contribution in [0.15, 0.2) is 47.4 Å². The van der Waals surface area contributed by atoms with Crippen molar-refractivity contribution in [2.24, 2.45) is 0 Å². The van der Waals surface area contributed by atoms with E-state index in [2.05, 4.69) is 9.82 Å². The fourth-order valence-electron chi connectivity index (χ4n) is 2.93. The predicted octanol–water partition coefficient (Wildman–Crippen LogP) is 5.22. The highest BCUT2D eigenvalue weighted by Gasteiger charge is 2.20. The summed E-state index contributed by atoms with van der Waals surface area (Å²) in [6.07, 6.45) is 0.851. The Bertz CT molecular complexity index is 1090. The number of nitrogens with one attached hydrogen (secondary N) is 1. The number of rotatable bonds is 6. The van der Waals surface area contributed by atoms with E-state index in [0.29, 0.717) is 33.7 Å². The Balaban J connectivity index is 1.91. The van der Waals surface area contributed by atoms with Crippen LogP contribution in [0.3, 0.4) is 0 Å². The number of aromatic nitrogens is 2. The van der Waals surface area contributed by atoms with E-state index in [1.54, 1.807) is 41.9 Å². The fourth-order valence-corrected chi connectivity index (χ4v) is 4.62. The molecule has 0 amide bonds. The lowest BCUT2D eigenvalue weighted by Gasteiger charge is -2.11. The molecule has 1 N–H and O–H groups in total. The Morgan fingerprint density at radius 2 is 1.64 bits per heavy atom. The van der Waals surface area contributed by atoms with Crippen LogP contribution in [0.1, 0.15) is 29.4 Å². The largest absolute Gasteiger partial charge is 0.276 e. The van der Waals surface area contributed by atoms with Crippen LogP contribution in [0.2, 0.25) is 10.0 Å². The highest BCUT2D eigenvalue weighted by Crippen LogP contribution is 2.28. The Morgan fingerprint density at radius 1 is 1.04 bits per heavy atom. The number of nitrogens with zero attached hydrogens (tertiary/aromatic N) is 2. The number of benzene rings is 2. The molecule has 0 atom stereocenters. The van der Waals surface area contributed by atoms with Crippen LogP contribution in [0.25, 0.3) is 0 Å². The lowest BCUT2D eigenvalue weighted by molar-refractivity contribution is 0.601. The molecule has 0 aliphatic carbocycles. The zero-order valence-corrected chi connectivity index (χ0v) is 18.2. The van der Waals surface area contributed by atoms with Gasteiger partial charge >= 0.3 is 0 Å². The van der Waals surface area contributed by atoms with Crippen LogP contribution in [0.4, 0.5) is 5.69 Å². The molecule has 0 aliphatic heterocycles. The van der Waals surface area contributed by atoms with Crippen LogP contribution >= 0.6 is 23.2 Å². The third kappa shape index (κ3) is 4.19. The summed E-state index contributed by atoms with van der Waals surface area (Å²) in [5, 5.41) is 5.55. The quantitative estimate of drug-likeness (QED) is 0.574. The van der Waals surface area contributed by atoms with Crippen LogP contribution in [0.5, 0.6) is 0 Å². The first-order valence-electron chi connectivity index (χ1n) is 8.81. The molecule has 0 unspecified atom stereocenters. The summed E-state index contributed by atoms with van der Waals surface area (Å²) in [7, 11) is -3.71. The molecule has 0 saturated carbocycles. The molecule has 0 fully saturated rings. The molecule has 3 aromatic rings. The molecule has 5 nitrogen and oxygen atoms in total. The van der Waals surface area contributed by atoms with Gasteiger partial charge in [-0.25, -0.2) is 8.42 Å². The molecule has 28 heavy (non-hydrogen) atoms. The third-order valence-corrected chi connectivity index (χ3v) is 6.70. The van der Waals surface area contributed by atoms with Crippen molar-refractivity contribution < 1.29 is 8.42 Å². The normalized spacial score (nSPS) is 11.6. The maximum Gasteiger partial charge on any atom is 0.262 e. The topological polar surface area (TPSA) is 64.0 Å². The highest BCUT2D eigenvalue weighted by atomic mass is 35.5. The van der Waals surface area contributed by atoms with Gasteiger partial charge in [0.05, 0.1) is 28.5 Å². The standard InChI is InChI=1S/C20H21Cl2N3O2S/c1-4-15-8-10-16(11-9-15)28(26,27)24-20-13(2)23-25(14(20)3)12-17-18(21)6-5-7-19(17)22/h5-11,24H,4,12H2,1-3H3. The molecular weight excluding hydrogens is 417 g/mol. The number of anilines is 1. The van der Waals surface area contributed by atoms with Crippen molar-refractivity contribution in [2.75, 3.05) is 4.72 Å². The molecular formula is C20H21Cl2N3O2S. The molecule has 0 spiro atoms. The van der Waals surface area contributed by atoms with Gasteiger partial charge in [0.15, 0.2) is 0 Å². The number of sulfonamides is 1. The van der Waals surface area contributed by atoms with Crippen LogP contribution in [-0.4, -0.2) is 18.2 Å². The zero-order chi connectivity index (χ0) is 20.5. The minimum absolute atomic E-state index is 0.213. The Labute approximate surface area is 175 Å². The predicted molar refractivity (Wildman–Crippen MR) is 114 cm³/mol. The monoisotopic (exact) mass is 437 g/mol. The summed E-state index contributed by atoms with van der Waals surface area (Å²) in [5.41, 5.74) is 3.54. The molecule has 0 saturated heterocycles. The van der Waals surface area contributed by atoms with Gasteiger partial charge in [-0.05, 0) is 50.1 Å². The Kier molecular flexibility index (Phi) is 6.03. The first-order chi connectivity index (χ1) is 13.2. The average Bonchev–Trinajstić information content (AvgIpc) is 2.92. The van der Waals surface area contributed by atoms with Gasteiger partial charge in [-0.2, -0.15) is 5.10 Å². The highest BCUT2D eigenvalue weighted by molar-refractivity contribution is 7.92. The van der Waals surface area contributed by atoms with Crippen molar-refractivity contribution in [1.29, 1.82) is 0 Å². The third-order valence-electron chi connectivity index (χ3n) is 4.63. The summed E-state index contributed by atoms with van der Waals surface area (Å²) in [6, 6.07) is 12.2. The van der Waals surface area contributed by atoms with Crippen LogP contribution in [0, 0.1) is 13.8 Å². The number of halogens is 2. The summed E-state index contributed by atoms with van der Waals surface area (Å²) in [4.78, 5) is 0.213. The van der Waals surface area contributed by atoms with E-state index in [9.17, 15) is 8.42 Å². The van der Waals surface area contributed by atoms with E-state index in [-0.39, 0.29) is 4.90 Å². The maximum absolute atomic E-state index is 12.8. The first-order valence-corrected chi connectivity index (χ1v) is 11.1. The number of aryl methyl sites for hydroxylation is 2. The van der Waals surface area contributed by atoms with E-state index < -0.39 is 10.0 Å². The summed E-state index contributed by atoms with van der Waals surface area (Å²) < 4.78 is 29.9. The summed E-state index contributed by atoms with van der Waals surface area (Å²) in [5.74, 6) is 0. The number of hydrogen-bond donors (Lipinski definition) is 1. The zero-order valence-electron chi connectivity index (χ0n) is 15.8. The average molecular weight is 438 g/mol.